The minimum atomic E-state index is -0.239. The van der Waals surface area contributed by atoms with Gasteiger partial charge in [0.15, 0.2) is 0 Å². The van der Waals surface area contributed by atoms with Gasteiger partial charge in [-0.25, -0.2) is 4.39 Å². The van der Waals surface area contributed by atoms with Crippen LogP contribution < -0.4 is 0 Å². The van der Waals surface area contributed by atoms with Gasteiger partial charge in [0.25, 0.3) is 0 Å². The van der Waals surface area contributed by atoms with Crippen molar-refractivity contribution in [3.63, 3.8) is 0 Å². The first-order valence-electron chi connectivity index (χ1n) is 8.81. The van der Waals surface area contributed by atoms with Crippen molar-refractivity contribution in [3.05, 3.63) is 59.3 Å². The highest BCUT2D eigenvalue weighted by molar-refractivity contribution is 5.83. The quantitative estimate of drug-likeness (QED) is 0.823. The van der Waals surface area contributed by atoms with Gasteiger partial charge in [-0.2, -0.15) is 0 Å². The standard InChI is InChI=1S/C20H22FNO3/c1-24-12-15-8-9-19(25-15)18-3-2-10-22(18)20(23)17-11-16(17)13-4-6-14(21)7-5-13/h4-9,16-18H,2-3,10-12H2,1H3/t16-,17+,18?/m0/s1. The normalized spacial score (nSPS) is 25.4. The fourth-order valence-electron chi connectivity index (χ4n) is 3.88. The van der Waals surface area contributed by atoms with Crippen LogP contribution in [0.5, 0.6) is 0 Å². The number of furan rings is 1. The molecule has 1 aliphatic heterocycles. The average Bonchev–Trinajstić information content (AvgIpc) is 3.03. The molecule has 0 spiro atoms. The summed E-state index contributed by atoms with van der Waals surface area (Å²) in [4.78, 5) is 14.9. The van der Waals surface area contributed by atoms with E-state index in [-0.39, 0.29) is 29.6 Å². The van der Waals surface area contributed by atoms with Crippen molar-refractivity contribution in [1.82, 2.24) is 4.90 Å². The van der Waals surface area contributed by atoms with Gasteiger partial charge in [0, 0.05) is 19.6 Å². The van der Waals surface area contributed by atoms with E-state index in [0.29, 0.717) is 6.61 Å². The molecule has 3 atom stereocenters. The number of ether oxygens (including phenoxy) is 1. The van der Waals surface area contributed by atoms with E-state index in [9.17, 15) is 9.18 Å². The molecule has 1 amide bonds. The van der Waals surface area contributed by atoms with Crippen molar-refractivity contribution in [2.24, 2.45) is 5.92 Å². The van der Waals surface area contributed by atoms with E-state index in [1.807, 2.05) is 17.0 Å². The summed E-state index contributed by atoms with van der Waals surface area (Å²) in [6.07, 6.45) is 2.77. The van der Waals surface area contributed by atoms with Crippen molar-refractivity contribution in [2.75, 3.05) is 13.7 Å². The molecule has 1 saturated carbocycles. The van der Waals surface area contributed by atoms with Crippen LogP contribution in [0.3, 0.4) is 0 Å². The van der Waals surface area contributed by atoms with Crippen LogP contribution in [0.25, 0.3) is 0 Å². The molecular weight excluding hydrogens is 321 g/mol. The SMILES string of the molecule is COCc1ccc(C2CCCN2C(=O)[C@@H]2C[C@H]2c2ccc(F)cc2)o1. The number of carbonyl (C=O) groups is 1. The van der Waals surface area contributed by atoms with E-state index in [1.165, 1.54) is 12.1 Å². The zero-order chi connectivity index (χ0) is 17.4. The van der Waals surface area contributed by atoms with Gasteiger partial charge in [-0.1, -0.05) is 12.1 Å². The third-order valence-corrected chi connectivity index (χ3v) is 5.24. The van der Waals surface area contributed by atoms with Crippen LogP contribution in [-0.2, 0) is 16.1 Å². The summed E-state index contributed by atoms with van der Waals surface area (Å²) in [5.74, 6) is 1.82. The van der Waals surface area contributed by atoms with Crippen molar-refractivity contribution >= 4 is 5.91 Å². The van der Waals surface area contributed by atoms with Crippen molar-refractivity contribution < 1.29 is 18.3 Å². The number of amides is 1. The lowest BCUT2D eigenvalue weighted by Crippen LogP contribution is -2.32. The largest absolute Gasteiger partial charge is 0.461 e. The Morgan fingerprint density at radius 3 is 2.84 bits per heavy atom. The molecule has 132 valence electrons. The number of hydrogen-bond donors (Lipinski definition) is 0. The molecule has 2 aliphatic rings. The highest BCUT2D eigenvalue weighted by Gasteiger charge is 2.48. The molecule has 1 aliphatic carbocycles. The molecule has 5 heteroatoms. The predicted octanol–water partition coefficient (Wildman–Crippen LogP) is 4.03. The number of carbonyl (C=O) groups excluding carboxylic acids is 1. The average molecular weight is 343 g/mol. The predicted molar refractivity (Wildman–Crippen MR) is 90.4 cm³/mol. The second-order valence-corrected chi connectivity index (χ2v) is 6.93. The van der Waals surface area contributed by atoms with Gasteiger partial charge in [0.1, 0.15) is 23.9 Å². The van der Waals surface area contributed by atoms with Crippen LogP contribution in [0.1, 0.15) is 48.3 Å². The second-order valence-electron chi connectivity index (χ2n) is 6.93. The molecule has 4 nitrogen and oxygen atoms in total. The minimum absolute atomic E-state index is 0.0134. The van der Waals surface area contributed by atoms with E-state index in [2.05, 4.69) is 0 Å². The molecule has 1 saturated heterocycles. The zero-order valence-corrected chi connectivity index (χ0v) is 14.3. The van der Waals surface area contributed by atoms with Gasteiger partial charge in [-0.15, -0.1) is 0 Å². The maximum absolute atomic E-state index is 13.1. The van der Waals surface area contributed by atoms with Gasteiger partial charge in [-0.3, -0.25) is 4.79 Å². The Morgan fingerprint density at radius 2 is 2.08 bits per heavy atom. The Kier molecular flexibility index (Phi) is 4.34. The molecule has 2 aromatic rings. The molecule has 1 unspecified atom stereocenters. The van der Waals surface area contributed by atoms with Gasteiger partial charge < -0.3 is 14.1 Å². The summed E-state index contributed by atoms with van der Waals surface area (Å²) < 4.78 is 24.0. The smallest absolute Gasteiger partial charge is 0.226 e. The number of rotatable bonds is 5. The number of nitrogens with zero attached hydrogens (tertiary/aromatic N) is 1. The van der Waals surface area contributed by atoms with Gasteiger partial charge >= 0.3 is 0 Å². The number of hydrogen-bond acceptors (Lipinski definition) is 3. The second kappa shape index (κ2) is 6.64. The lowest BCUT2D eigenvalue weighted by atomic mass is 10.1. The Balaban J connectivity index is 1.45. The monoisotopic (exact) mass is 343 g/mol. The fraction of sp³-hybridized carbons (Fsp3) is 0.450. The van der Waals surface area contributed by atoms with E-state index >= 15 is 0 Å². The highest BCUT2D eigenvalue weighted by Crippen LogP contribution is 2.50. The number of halogens is 1. The third kappa shape index (κ3) is 3.21. The Bertz CT molecular complexity index is 755. The maximum Gasteiger partial charge on any atom is 0.226 e. The van der Waals surface area contributed by atoms with Gasteiger partial charge in [-0.05, 0) is 55.0 Å². The molecule has 25 heavy (non-hydrogen) atoms. The van der Waals surface area contributed by atoms with Crippen LogP contribution >= 0.6 is 0 Å². The third-order valence-electron chi connectivity index (χ3n) is 5.24. The van der Waals surface area contributed by atoms with Crippen LogP contribution in [-0.4, -0.2) is 24.5 Å². The van der Waals surface area contributed by atoms with Gasteiger partial charge in [0.05, 0.1) is 6.04 Å². The number of methoxy groups -OCH3 is 1. The van der Waals surface area contributed by atoms with Crippen LogP contribution in [0, 0.1) is 11.7 Å². The van der Waals surface area contributed by atoms with Crippen LogP contribution in [0.15, 0.2) is 40.8 Å². The summed E-state index contributed by atoms with van der Waals surface area (Å²) in [5.41, 5.74) is 1.05. The number of benzene rings is 1. The zero-order valence-electron chi connectivity index (χ0n) is 14.3. The van der Waals surface area contributed by atoms with Crippen LogP contribution in [0.4, 0.5) is 4.39 Å². The van der Waals surface area contributed by atoms with Crippen molar-refractivity contribution in [2.45, 2.75) is 37.8 Å². The molecule has 0 N–H and O–H groups in total. The first kappa shape index (κ1) is 16.3. The molecule has 2 heterocycles. The lowest BCUT2D eigenvalue weighted by molar-refractivity contribution is -0.134. The number of likely N-dealkylation sites (tertiary alicyclic amines) is 1. The molecule has 1 aromatic carbocycles. The lowest BCUT2D eigenvalue weighted by Gasteiger charge is -2.23. The Morgan fingerprint density at radius 1 is 1.28 bits per heavy atom. The first-order chi connectivity index (χ1) is 12.2. The summed E-state index contributed by atoms with van der Waals surface area (Å²) in [7, 11) is 1.64. The van der Waals surface area contributed by atoms with E-state index in [0.717, 1.165) is 42.9 Å². The van der Waals surface area contributed by atoms with Crippen molar-refractivity contribution in [1.29, 1.82) is 0 Å². The Hall–Kier alpha value is -2.14. The van der Waals surface area contributed by atoms with E-state index < -0.39 is 0 Å². The molecule has 0 radical (unpaired) electrons. The fourth-order valence-corrected chi connectivity index (χ4v) is 3.88. The summed E-state index contributed by atoms with van der Waals surface area (Å²) in [5, 5.41) is 0. The summed E-state index contributed by atoms with van der Waals surface area (Å²) >= 11 is 0. The summed E-state index contributed by atoms with van der Waals surface area (Å²) in [6.45, 7) is 1.21. The maximum atomic E-state index is 13.1. The molecule has 1 aromatic heterocycles. The Labute approximate surface area is 146 Å². The molecular formula is C20H22FNO3. The van der Waals surface area contributed by atoms with E-state index in [1.54, 1.807) is 19.2 Å². The minimum Gasteiger partial charge on any atom is -0.461 e. The molecule has 2 fully saturated rings. The summed E-state index contributed by atoms with van der Waals surface area (Å²) in [6, 6.07) is 10.4. The van der Waals surface area contributed by atoms with E-state index in [4.69, 9.17) is 9.15 Å². The molecule has 4 rings (SSSR count). The van der Waals surface area contributed by atoms with Gasteiger partial charge in [0.2, 0.25) is 5.91 Å². The highest BCUT2D eigenvalue weighted by atomic mass is 19.1. The van der Waals surface area contributed by atoms with Crippen molar-refractivity contribution in [3.8, 4) is 0 Å². The van der Waals surface area contributed by atoms with Crippen LogP contribution in [0.2, 0.25) is 0 Å². The topological polar surface area (TPSA) is 42.7 Å². The molecule has 0 bridgehead atoms. The first-order valence-corrected chi connectivity index (χ1v) is 8.81.